The van der Waals surface area contributed by atoms with Crippen LogP contribution in [0.1, 0.15) is 23.2 Å². The second-order valence-electron chi connectivity index (χ2n) is 7.20. The minimum atomic E-state index is -1.18. The van der Waals surface area contributed by atoms with E-state index in [1.165, 1.54) is 23.1 Å². The van der Waals surface area contributed by atoms with Gasteiger partial charge in [-0.25, -0.2) is 9.69 Å². The van der Waals surface area contributed by atoms with Gasteiger partial charge >= 0.3 is 5.97 Å². The third-order valence-electron chi connectivity index (χ3n) is 6.29. The molecule has 1 spiro atoms. The molecule has 1 saturated heterocycles. The Hall–Kier alpha value is -2.14. The third kappa shape index (κ3) is 1.49. The first kappa shape index (κ1) is 14.2. The van der Waals surface area contributed by atoms with Crippen molar-refractivity contribution in [3.63, 3.8) is 0 Å². The molecular formula is C18H14ClNO4. The standard InChI is InChI=1S/C18H14ClNO4/c19-12-4-1-8(7-9(12)17(23)24)20-15(21)13-10-2-3-11(14(13)16(20)22)18(10)5-6-18/h1-4,7,10-11,13-14H,5-6H2,(H,23,24)/t10-,11+,13+,14-. The highest BCUT2D eigenvalue weighted by molar-refractivity contribution is 6.34. The zero-order valence-corrected chi connectivity index (χ0v) is 13.4. The summed E-state index contributed by atoms with van der Waals surface area (Å²) in [6.45, 7) is 0. The molecule has 6 heteroatoms. The van der Waals surface area contributed by atoms with E-state index in [2.05, 4.69) is 12.2 Å². The first-order valence-corrected chi connectivity index (χ1v) is 8.42. The lowest BCUT2D eigenvalue weighted by Crippen LogP contribution is -2.34. The summed E-state index contributed by atoms with van der Waals surface area (Å²) in [4.78, 5) is 38.4. The maximum absolute atomic E-state index is 13.0. The fourth-order valence-electron chi connectivity index (χ4n) is 5.15. The Morgan fingerprint density at radius 2 is 1.71 bits per heavy atom. The van der Waals surface area contributed by atoms with Crippen LogP contribution in [-0.4, -0.2) is 22.9 Å². The van der Waals surface area contributed by atoms with Crippen LogP contribution >= 0.6 is 11.6 Å². The molecule has 4 aliphatic rings. The number of carbonyl (C=O) groups excluding carboxylic acids is 2. The summed E-state index contributed by atoms with van der Waals surface area (Å²) in [7, 11) is 0. The number of carboxylic acids is 1. The van der Waals surface area contributed by atoms with Crippen molar-refractivity contribution in [1.82, 2.24) is 0 Å². The molecule has 1 heterocycles. The number of carbonyl (C=O) groups is 3. The highest BCUT2D eigenvalue weighted by Crippen LogP contribution is 2.73. The number of amides is 2. The monoisotopic (exact) mass is 343 g/mol. The van der Waals surface area contributed by atoms with Crippen LogP contribution in [0.4, 0.5) is 5.69 Å². The number of hydrogen-bond donors (Lipinski definition) is 1. The highest BCUT2D eigenvalue weighted by atomic mass is 35.5. The zero-order chi connectivity index (χ0) is 16.8. The molecule has 1 aromatic rings. The van der Waals surface area contributed by atoms with E-state index in [1.807, 2.05) is 0 Å². The molecule has 2 saturated carbocycles. The van der Waals surface area contributed by atoms with E-state index >= 15 is 0 Å². The van der Waals surface area contributed by atoms with Crippen LogP contribution < -0.4 is 4.90 Å². The lowest BCUT2D eigenvalue weighted by Gasteiger charge is -2.22. The zero-order valence-electron chi connectivity index (χ0n) is 12.6. The molecule has 0 unspecified atom stereocenters. The molecule has 1 N–H and O–H groups in total. The summed E-state index contributed by atoms with van der Waals surface area (Å²) in [5.41, 5.74) is 0.343. The lowest BCUT2D eigenvalue weighted by molar-refractivity contribution is -0.123. The number of halogens is 1. The number of anilines is 1. The summed E-state index contributed by atoms with van der Waals surface area (Å²) in [6, 6.07) is 4.27. The normalized spacial score (nSPS) is 34.3. The molecule has 24 heavy (non-hydrogen) atoms. The van der Waals surface area contributed by atoms with E-state index in [4.69, 9.17) is 11.6 Å². The maximum atomic E-state index is 13.0. The van der Waals surface area contributed by atoms with Crippen molar-refractivity contribution < 1.29 is 19.5 Å². The molecule has 0 aromatic heterocycles. The van der Waals surface area contributed by atoms with E-state index in [0.29, 0.717) is 5.69 Å². The van der Waals surface area contributed by atoms with E-state index in [9.17, 15) is 19.5 Å². The number of hydrogen-bond acceptors (Lipinski definition) is 3. The lowest BCUT2D eigenvalue weighted by atomic mass is 9.85. The molecule has 3 fully saturated rings. The Morgan fingerprint density at radius 1 is 1.12 bits per heavy atom. The van der Waals surface area contributed by atoms with Crippen molar-refractivity contribution in [2.75, 3.05) is 4.90 Å². The second kappa shape index (κ2) is 4.28. The summed E-state index contributed by atoms with van der Waals surface area (Å²) in [5.74, 6) is -1.86. The van der Waals surface area contributed by atoms with Gasteiger partial charge in [-0.05, 0) is 48.3 Å². The van der Waals surface area contributed by atoms with Crippen LogP contribution in [-0.2, 0) is 9.59 Å². The molecule has 4 atom stereocenters. The number of imide groups is 1. The highest BCUT2D eigenvalue weighted by Gasteiger charge is 2.73. The van der Waals surface area contributed by atoms with Crippen LogP contribution in [0.25, 0.3) is 0 Å². The van der Waals surface area contributed by atoms with Gasteiger partial charge in [0.05, 0.1) is 28.1 Å². The average molecular weight is 344 g/mol. The van der Waals surface area contributed by atoms with E-state index in [-0.39, 0.29) is 51.5 Å². The Labute approximate surface area is 142 Å². The molecule has 3 aliphatic carbocycles. The number of fused-ring (bicyclic) bond motifs is 3. The maximum Gasteiger partial charge on any atom is 0.337 e. The fraction of sp³-hybridized carbons (Fsp3) is 0.389. The first-order chi connectivity index (χ1) is 11.5. The van der Waals surface area contributed by atoms with Gasteiger partial charge in [0.1, 0.15) is 0 Å². The molecule has 2 bridgehead atoms. The summed E-state index contributed by atoms with van der Waals surface area (Å²) < 4.78 is 0. The summed E-state index contributed by atoms with van der Waals surface area (Å²) in [5, 5.41) is 9.30. The molecule has 1 aliphatic heterocycles. The van der Waals surface area contributed by atoms with Gasteiger partial charge in [-0.3, -0.25) is 9.59 Å². The fourth-order valence-corrected chi connectivity index (χ4v) is 5.35. The smallest absolute Gasteiger partial charge is 0.337 e. The predicted octanol–water partition coefficient (Wildman–Crippen LogP) is 2.74. The number of nitrogens with zero attached hydrogens (tertiary/aromatic N) is 1. The Bertz CT molecular complexity index is 823. The minimum Gasteiger partial charge on any atom is -0.478 e. The van der Waals surface area contributed by atoms with Gasteiger partial charge in [0, 0.05) is 0 Å². The number of carboxylic acid groups (broad SMARTS) is 1. The Kier molecular flexibility index (Phi) is 2.53. The SMILES string of the molecule is O=C(O)c1cc(N2C(=O)[C@@H]3[C@H](C2=O)[C@@H]2C=C[C@H]3C23CC3)ccc1Cl. The predicted molar refractivity (Wildman–Crippen MR) is 85.7 cm³/mol. The second-order valence-corrected chi connectivity index (χ2v) is 7.61. The van der Waals surface area contributed by atoms with Gasteiger partial charge in [-0.1, -0.05) is 23.8 Å². The number of allylic oxidation sites excluding steroid dienone is 2. The van der Waals surface area contributed by atoms with Gasteiger partial charge in [0.2, 0.25) is 11.8 Å². The molecule has 1 aromatic carbocycles. The van der Waals surface area contributed by atoms with Crippen molar-refractivity contribution >= 4 is 35.1 Å². The summed E-state index contributed by atoms with van der Waals surface area (Å²) in [6.07, 6.45) is 6.40. The minimum absolute atomic E-state index is 0.0872. The van der Waals surface area contributed by atoms with E-state index in [0.717, 1.165) is 12.8 Å². The molecule has 2 amide bonds. The largest absolute Gasteiger partial charge is 0.478 e. The number of aromatic carboxylic acids is 1. The average Bonchev–Trinajstić information content (AvgIpc) is 3.14. The van der Waals surface area contributed by atoms with Gasteiger partial charge < -0.3 is 5.11 Å². The van der Waals surface area contributed by atoms with E-state index < -0.39 is 5.97 Å². The van der Waals surface area contributed by atoms with Gasteiger partial charge in [0.15, 0.2) is 0 Å². The van der Waals surface area contributed by atoms with Crippen LogP contribution in [0.2, 0.25) is 5.02 Å². The number of rotatable bonds is 2. The van der Waals surface area contributed by atoms with Crippen molar-refractivity contribution in [3.8, 4) is 0 Å². The van der Waals surface area contributed by atoms with E-state index in [1.54, 1.807) is 0 Å². The van der Waals surface area contributed by atoms with Crippen LogP contribution in [0.15, 0.2) is 30.4 Å². The Balaban J connectivity index is 1.56. The molecular weight excluding hydrogens is 330 g/mol. The van der Waals surface area contributed by atoms with Gasteiger partial charge in [-0.15, -0.1) is 0 Å². The first-order valence-electron chi connectivity index (χ1n) is 8.05. The van der Waals surface area contributed by atoms with Crippen LogP contribution in [0.5, 0.6) is 0 Å². The van der Waals surface area contributed by atoms with Gasteiger partial charge in [0.25, 0.3) is 0 Å². The van der Waals surface area contributed by atoms with Crippen molar-refractivity contribution in [2.45, 2.75) is 12.8 Å². The van der Waals surface area contributed by atoms with Crippen molar-refractivity contribution in [3.05, 3.63) is 40.9 Å². The number of benzene rings is 1. The molecule has 5 rings (SSSR count). The molecule has 5 nitrogen and oxygen atoms in total. The molecule has 122 valence electrons. The van der Waals surface area contributed by atoms with Crippen LogP contribution in [0.3, 0.4) is 0 Å². The molecule has 0 radical (unpaired) electrons. The van der Waals surface area contributed by atoms with Gasteiger partial charge in [-0.2, -0.15) is 0 Å². The quantitative estimate of drug-likeness (QED) is 0.662. The Morgan fingerprint density at radius 3 is 2.21 bits per heavy atom. The van der Waals surface area contributed by atoms with Crippen molar-refractivity contribution in [2.24, 2.45) is 29.1 Å². The van der Waals surface area contributed by atoms with Crippen molar-refractivity contribution in [1.29, 1.82) is 0 Å². The third-order valence-corrected chi connectivity index (χ3v) is 6.62. The van der Waals surface area contributed by atoms with Crippen LogP contribution in [0, 0.1) is 29.1 Å². The summed E-state index contributed by atoms with van der Waals surface area (Å²) >= 11 is 5.89. The topological polar surface area (TPSA) is 74.7 Å².